The topological polar surface area (TPSA) is 87.7 Å². The van der Waals surface area contributed by atoms with Gasteiger partial charge in [-0.1, -0.05) is 18.2 Å². The van der Waals surface area contributed by atoms with Crippen LogP contribution in [0.5, 0.6) is 0 Å². The molecule has 1 saturated carbocycles. The van der Waals surface area contributed by atoms with Crippen LogP contribution in [0.4, 0.5) is 0 Å². The molecule has 1 aliphatic carbocycles. The van der Waals surface area contributed by atoms with E-state index in [0.29, 0.717) is 23.5 Å². The monoisotopic (exact) mass is 320 g/mol. The zero-order chi connectivity index (χ0) is 16.5. The summed E-state index contributed by atoms with van der Waals surface area (Å²) in [6.07, 6.45) is 3.88. The Morgan fingerprint density at radius 2 is 2.04 bits per heavy atom. The number of para-hydroxylation sites is 1. The van der Waals surface area contributed by atoms with Gasteiger partial charge in [-0.05, 0) is 25.0 Å². The number of nitrogens with one attached hydrogen (secondary N) is 2. The van der Waals surface area contributed by atoms with Crippen molar-refractivity contribution in [2.75, 3.05) is 0 Å². The van der Waals surface area contributed by atoms with Crippen molar-refractivity contribution >= 4 is 16.8 Å². The number of fused-ring (bicyclic) bond motifs is 1. The number of hydrogen-bond acceptors (Lipinski definition) is 4. The van der Waals surface area contributed by atoms with Gasteiger partial charge in [-0.25, -0.2) is 9.97 Å². The van der Waals surface area contributed by atoms with Gasteiger partial charge in [0.1, 0.15) is 6.33 Å². The number of H-pyrrole nitrogens is 1. The van der Waals surface area contributed by atoms with Crippen molar-refractivity contribution in [3.63, 3.8) is 0 Å². The number of hydrogen-bond donors (Lipinski definition) is 2. The average Bonchev–Trinajstić information content (AvgIpc) is 3.44. The number of amides is 1. The van der Waals surface area contributed by atoms with E-state index in [1.165, 1.54) is 25.2 Å². The minimum atomic E-state index is -0.295. The van der Waals surface area contributed by atoms with E-state index in [4.69, 9.17) is 0 Å². The molecule has 1 fully saturated rings. The fourth-order valence-corrected chi connectivity index (χ4v) is 2.77. The SMILES string of the molecule is O=C(NCc1cc(C2CC2)ncn1)c1cc(=O)[nH]c2ccccc12. The highest BCUT2D eigenvalue weighted by Crippen LogP contribution is 2.38. The van der Waals surface area contributed by atoms with Crippen molar-refractivity contribution in [3.8, 4) is 0 Å². The van der Waals surface area contributed by atoms with Crippen molar-refractivity contribution in [1.82, 2.24) is 20.3 Å². The predicted octanol–water partition coefficient (Wildman–Crippen LogP) is 2.13. The Labute approximate surface area is 138 Å². The van der Waals surface area contributed by atoms with Crippen LogP contribution in [-0.2, 0) is 6.54 Å². The number of carbonyl (C=O) groups excluding carboxylic acids is 1. The largest absolute Gasteiger partial charge is 0.346 e. The lowest BCUT2D eigenvalue weighted by molar-refractivity contribution is 0.0952. The van der Waals surface area contributed by atoms with E-state index in [2.05, 4.69) is 20.3 Å². The molecule has 2 N–H and O–H groups in total. The quantitative estimate of drug-likeness (QED) is 0.771. The van der Waals surface area contributed by atoms with Crippen LogP contribution in [0.2, 0.25) is 0 Å². The summed E-state index contributed by atoms with van der Waals surface area (Å²) in [5.41, 5.74) is 2.53. The molecule has 24 heavy (non-hydrogen) atoms. The van der Waals surface area contributed by atoms with Gasteiger partial charge in [-0.2, -0.15) is 0 Å². The van der Waals surface area contributed by atoms with Gasteiger partial charge >= 0.3 is 0 Å². The first-order chi connectivity index (χ1) is 11.7. The van der Waals surface area contributed by atoms with Gasteiger partial charge in [0, 0.05) is 28.6 Å². The lowest BCUT2D eigenvalue weighted by atomic mass is 10.1. The first-order valence-electron chi connectivity index (χ1n) is 7.92. The second-order valence-corrected chi connectivity index (χ2v) is 5.98. The van der Waals surface area contributed by atoms with Gasteiger partial charge in [0.15, 0.2) is 0 Å². The van der Waals surface area contributed by atoms with Crippen molar-refractivity contribution in [2.24, 2.45) is 0 Å². The molecule has 1 aromatic carbocycles. The minimum Gasteiger partial charge on any atom is -0.346 e. The summed E-state index contributed by atoms with van der Waals surface area (Å²) in [4.78, 5) is 35.5. The molecule has 1 amide bonds. The summed E-state index contributed by atoms with van der Waals surface area (Å²) in [7, 11) is 0. The van der Waals surface area contributed by atoms with E-state index in [9.17, 15) is 9.59 Å². The molecule has 3 aromatic rings. The molecule has 4 rings (SSSR count). The summed E-state index contributed by atoms with van der Waals surface area (Å²) < 4.78 is 0. The fourth-order valence-electron chi connectivity index (χ4n) is 2.77. The Morgan fingerprint density at radius 3 is 2.88 bits per heavy atom. The van der Waals surface area contributed by atoms with Crippen molar-refractivity contribution in [3.05, 3.63) is 70.0 Å². The molecule has 0 atom stereocenters. The molecule has 0 bridgehead atoms. The third kappa shape index (κ3) is 2.90. The number of pyridine rings is 1. The van der Waals surface area contributed by atoms with E-state index in [0.717, 1.165) is 16.8 Å². The highest BCUT2D eigenvalue weighted by Gasteiger charge is 2.25. The Balaban J connectivity index is 1.56. The van der Waals surface area contributed by atoms with Crippen LogP contribution in [0.1, 0.15) is 40.5 Å². The maximum Gasteiger partial charge on any atom is 0.252 e. The van der Waals surface area contributed by atoms with Gasteiger partial charge in [0.25, 0.3) is 5.91 Å². The first kappa shape index (κ1) is 14.6. The lowest BCUT2D eigenvalue weighted by Gasteiger charge is -2.08. The Hall–Kier alpha value is -3.02. The van der Waals surface area contributed by atoms with E-state index in [-0.39, 0.29) is 11.5 Å². The van der Waals surface area contributed by atoms with Crippen molar-refractivity contribution in [1.29, 1.82) is 0 Å². The van der Waals surface area contributed by atoms with Crippen LogP contribution >= 0.6 is 0 Å². The minimum absolute atomic E-state index is 0.288. The van der Waals surface area contributed by atoms with Gasteiger partial charge in [0.2, 0.25) is 5.56 Å². The summed E-state index contributed by atoms with van der Waals surface area (Å²) >= 11 is 0. The molecule has 0 spiro atoms. The first-order valence-corrected chi connectivity index (χ1v) is 7.92. The summed E-state index contributed by atoms with van der Waals surface area (Å²) in [5, 5.41) is 3.56. The van der Waals surface area contributed by atoms with E-state index < -0.39 is 0 Å². The second kappa shape index (κ2) is 5.88. The van der Waals surface area contributed by atoms with E-state index in [1.54, 1.807) is 6.07 Å². The highest BCUT2D eigenvalue weighted by molar-refractivity contribution is 6.05. The van der Waals surface area contributed by atoms with Gasteiger partial charge in [-0.15, -0.1) is 0 Å². The molecule has 0 aliphatic heterocycles. The zero-order valence-electron chi connectivity index (χ0n) is 13.0. The number of rotatable bonds is 4. The van der Waals surface area contributed by atoms with Crippen LogP contribution in [0.15, 0.2) is 47.5 Å². The van der Waals surface area contributed by atoms with Crippen molar-refractivity contribution in [2.45, 2.75) is 25.3 Å². The molecule has 0 unspecified atom stereocenters. The summed E-state index contributed by atoms with van der Waals surface area (Å²) in [6, 6.07) is 10.5. The maximum absolute atomic E-state index is 12.5. The average molecular weight is 320 g/mol. The van der Waals surface area contributed by atoms with Gasteiger partial charge < -0.3 is 10.3 Å². The van der Waals surface area contributed by atoms with E-state index >= 15 is 0 Å². The van der Waals surface area contributed by atoms with Gasteiger partial charge in [0.05, 0.1) is 17.8 Å². The third-order valence-corrected chi connectivity index (χ3v) is 4.17. The van der Waals surface area contributed by atoms with Crippen molar-refractivity contribution < 1.29 is 4.79 Å². The number of benzene rings is 1. The Kier molecular flexibility index (Phi) is 3.57. The standard InChI is InChI=1S/C18H16N4O2/c23-17-8-14(13-3-1-2-4-15(13)22-17)18(24)19-9-12-7-16(11-5-6-11)21-10-20-12/h1-4,7-8,10-11H,5-6,9H2,(H,19,24)(H,22,23). The smallest absolute Gasteiger partial charge is 0.252 e. The van der Waals surface area contributed by atoms with Gasteiger partial charge in [-0.3, -0.25) is 9.59 Å². The van der Waals surface area contributed by atoms with Crippen LogP contribution in [0.25, 0.3) is 10.9 Å². The molecule has 6 heteroatoms. The molecule has 120 valence electrons. The molecule has 2 heterocycles. The number of nitrogens with zero attached hydrogens (tertiary/aromatic N) is 2. The summed E-state index contributed by atoms with van der Waals surface area (Å²) in [5.74, 6) is 0.253. The fraction of sp³-hybridized carbons (Fsp3) is 0.222. The summed E-state index contributed by atoms with van der Waals surface area (Å²) in [6.45, 7) is 0.308. The molecule has 6 nitrogen and oxygen atoms in total. The van der Waals surface area contributed by atoms with Crippen LogP contribution in [0.3, 0.4) is 0 Å². The maximum atomic E-state index is 12.5. The molecule has 2 aromatic heterocycles. The second-order valence-electron chi connectivity index (χ2n) is 5.98. The Morgan fingerprint density at radius 1 is 1.21 bits per heavy atom. The van der Waals surface area contributed by atoms with Crippen LogP contribution in [-0.4, -0.2) is 20.9 Å². The lowest BCUT2D eigenvalue weighted by Crippen LogP contribution is -2.25. The molecule has 1 aliphatic rings. The highest BCUT2D eigenvalue weighted by atomic mass is 16.2. The van der Waals surface area contributed by atoms with Crippen LogP contribution in [0, 0.1) is 0 Å². The number of aromatic amines is 1. The number of carbonyl (C=O) groups is 1. The molecular weight excluding hydrogens is 304 g/mol. The Bertz CT molecular complexity index is 976. The molecule has 0 radical (unpaired) electrons. The number of aromatic nitrogens is 3. The molecule has 0 saturated heterocycles. The third-order valence-electron chi connectivity index (χ3n) is 4.17. The molecular formula is C18H16N4O2. The van der Waals surface area contributed by atoms with Crippen LogP contribution < -0.4 is 10.9 Å². The normalized spacial score (nSPS) is 13.8. The van der Waals surface area contributed by atoms with E-state index in [1.807, 2.05) is 24.3 Å². The predicted molar refractivity (Wildman–Crippen MR) is 89.7 cm³/mol. The zero-order valence-corrected chi connectivity index (χ0v) is 13.0.